The highest BCUT2D eigenvalue weighted by Gasteiger charge is 2.39. The van der Waals surface area contributed by atoms with Crippen LogP contribution in [0.4, 0.5) is 0 Å². The molecule has 1 aliphatic heterocycles. The molecule has 1 aromatic rings. The number of nitrogens with two attached hydrogens (primary N) is 1. The summed E-state index contributed by atoms with van der Waals surface area (Å²) < 4.78 is 0. The van der Waals surface area contributed by atoms with Gasteiger partial charge in [0.15, 0.2) is 0 Å². The third kappa shape index (κ3) is 3.30. The second-order valence-corrected chi connectivity index (χ2v) is 7.06. The van der Waals surface area contributed by atoms with Crippen molar-refractivity contribution in [2.75, 3.05) is 20.6 Å². The van der Waals surface area contributed by atoms with Gasteiger partial charge in [0.2, 0.25) is 5.91 Å². The van der Waals surface area contributed by atoms with Crippen molar-refractivity contribution in [3.05, 3.63) is 21.9 Å². The summed E-state index contributed by atoms with van der Waals surface area (Å²) in [5.74, 6) is 0.204. The second-order valence-electron chi connectivity index (χ2n) is 6.11. The Kier molecular flexibility index (Phi) is 5.41. The van der Waals surface area contributed by atoms with Gasteiger partial charge in [-0.15, -0.1) is 11.3 Å². The number of aryl methyl sites for hydroxylation is 1. The largest absolute Gasteiger partial charge is 0.347 e. The van der Waals surface area contributed by atoms with Crippen molar-refractivity contribution in [3.8, 4) is 0 Å². The molecule has 2 rings (SSSR count). The Balaban J connectivity index is 2.32. The molecule has 3 atom stereocenters. The van der Waals surface area contributed by atoms with Crippen LogP contribution < -0.4 is 5.73 Å². The third-order valence-corrected chi connectivity index (χ3v) is 5.51. The van der Waals surface area contributed by atoms with E-state index in [1.54, 1.807) is 16.2 Å². The van der Waals surface area contributed by atoms with Gasteiger partial charge < -0.3 is 10.6 Å². The first-order chi connectivity index (χ1) is 9.97. The van der Waals surface area contributed by atoms with E-state index in [9.17, 15) is 4.79 Å². The minimum Gasteiger partial charge on any atom is -0.347 e. The van der Waals surface area contributed by atoms with E-state index in [1.165, 1.54) is 10.4 Å². The van der Waals surface area contributed by atoms with Gasteiger partial charge in [0.1, 0.15) is 0 Å². The first kappa shape index (κ1) is 16.5. The van der Waals surface area contributed by atoms with Gasteiger partial charge in [-0.2, -0.15) is 0 Å². The quantitative estimate of drug-likeness (QED) is 0.908. The van der Waals surface area contributed by atoms with Crippen molar-refractivity contribution < 1.29 is 4.79 Å². The van der Waals surface area contributed by atoms with Crippen molar-refractivity contribution in [2.45, 2.75) is 51.2 Å². The summed E-state index contributed by atoms with van der Waals surface area (Å²) >= 11 is 1.76. The fourth-order valence-electron chi connectivity index (χ4n) is 3.19. The van der Waals surface area contributed by atoms with Crippen LogP contribution in [0, 0.1) is 6.92 Å². The SMILES string of the molecule is CCC(N)C(c1sccc1C)N1CCCC1C(=O)N(C)C. The predicted molar refractivity (Wildman–Crippen MR) is 88.5 cm³/mol. The van der Waals surface area contributed by atoms with Gasteiger partial charge in [-0.05, 0) is 49.7 Å². The molecular formula is C16H27N3OS. The molecule has 1 aliphatic rings. The van der Waals surface area contributed by atoms with E-state index in [0.717, 1.165) is 25.8 Å². The van der Waals surface area contributed by atoms with Gasteiger partial charge in [-0.3, -0.25) is 9.69 Å². The summed E-state index contributed by atoms with van der Waals surface area (Å²) in [6.45, 7) is 5.22. The molecule has 2 N–H and O–H groups in total. The van der Waals surface area contributed by atoms with Crippen molar-refractivity contribution >= 4 is 17.2 Å². The maximum Gasteiger partial charge on any atom is 0.239 e. The molecule has 1 saturated heterocycles. The first-order valence-corrected chi connectivity index (χ1v) is 8.61. The van der Waals surface area contributed by atoms with Crippen molar-refractivity contribution in [2.24, 2.45) is 5.73 Å². The van der Waals surface area contributed by atoms with Crippen molar-refractivity contribution in [1.82, 2.24) is 9.80 Å². The summed E-state index contributed by atoms with van der Waals surface area (Å²) in [6, 6.07) is 2.35. The molecule has 1 fully saturated rings. The summed E-state index contributed by atoms with van der Waals surface area (Å²) in [5.41, 5.74) is 7.72. The molecule has 0 spiro atoms. The molecule has 0 saturated carbocycles. The van der Waals surface area contributed by atoms with E-state index >= 15 is 0 Å². The van der Waals surface area contributed by atoms with E-state index in [4.69, 9.17) is 5.73 Å². The Labute approximate surface area is 131 Å². The maximum atomic E-state index is 12.5. The average molecular weight is 309 g/mol. The number of likely N-dealkylation sites (N-methyl/N-ethyl adjacent to an activating group) is 1. The van der Waals surface area contributed by atoms with Gasteiger partial charge >= 0.3 is 0 Å². The lowest BCUT2D eigenvalue weighted by Gasteiger charge is -2.36. The van der Waals surface area contributed by atoms with Crippen molar-refractivity contribution in [3.63, 3.8) is 0 Å². The van der Waals surface area contributed by atoms with Gasteiger partial charge in [0.25, 0.3) is 0 Å². The minimum atomic E-state index is -0.0240. The lowest BCUT2D eigenvalue weighted by Crippen LogP contribution is -2.48. The van der Waals surface area contributed by atoms with Crippen molar-refractivity contribution in [1.29, 1.82) is 0 Å². The number of thiophene rings is 1. The molecule has 0 aromatic carbocycles. The number of carbonyl (C=O) groups is 1. The van der Waals surface area contributed by atoms with E-state index in [0.29, 0.717) is 0 Å². The number of likely N-dealkylation sites (tertiary alicyclic amines) is 1. The molecule has 4 nitrogen and oxygen atoms in total. The molecule has 1 aromatic heterocycles. The molecule has 0 aliphatic carbocycles. The number of hydrogen-bond acceptors (Lipinski definition) is 4. The van der Waals surface area contributed by atoms with Crippen LogP contribution in [0.5, 0.6) is 0 Å². The first-order valence-electron chi connectivity index (χ1n) is 7.73. The Hall–Kier alpha value is -0.910. The number of nitrogens with zero attached hydrogens (tertiary/aromatic N) is 2. The zero-order chi connectivity index (χ0) is 15.6. The molecule has 1 amide bonds. The van der Waals surface area contributed by atoms with Crippen LogP contribution in [-0.2, 0) is 4.79 Å². The van der Waals surface area contributed by atoms with Gasteiger partial charge in [0.05, 0.1) is 12.1 Å². The zero-order valence-corrected chi connectivity index (χ0v) is 14.3. The number of hydrogen-bond donors (Lipinski definition) is 1. The molecule has 21 heavy (non-hydrogen) atoms. The highest BCUT2D eigenvalue weighted by Crippen LogP contribution is 2.36. The van der Waals surface area contributed by atoms with Gasteiger partial charge in [-0.1, -0.05) is 6.92 Å². The summed E-state index contributed by atoms with van der Waals surface area (Å²) in [5, 5.41) is 2.12. The highest BCUT2D eigenvalue weighted by molar-refractivity contribution is 7.10. The molecule has 0 bridgehead atoms. The molecule has 2 heterocycles. The van der Waals surface area contributed by atoms with Crippen LogP contribution in [0.15, 0.2) is 11.4 Å². The van der Waals surface area contributed by atoms with E-state index in [2.05, 4.69) is 30.2 Å². The molecular weight excluding hydrogens is 282 g/mol. The summed E-state index contributed by atoms with van der Waals surface area (Å²) in [6.07, 6.45) is 2.93. The van der Waals surface area contributed by atoms with E-state index in [-0.39, 0.29) is 24.0 Å². The van der Waals surface area contributed by atoms with Crippen LogP contribution in [-0.4, -0.2) is 48.4 Å². The van der Waals surface area contributed by atoms with Crippen LogP contribution in [0.1, 0.15) is 42.7 Å². The molecule has 118 valence electrons. The second kappa shape index (κ2) is 6.90. The number of carbonyl (C=O) groups excluding carboxylic acids is 1. The van der Waals surface area contributed by atoms with Gasteiger partial charge in [0, 0.05) is 25.0 Å². The maximum absolute atomic E-state index is 12.5. The Morgan fingerprint density at radius 1 is 1.57 bits per heavy atom. The Morgan fingerprint density at radius 2 is 2.29 bits per heavy atom. The Morgan fingerprint density at radius 3 is 2.81 bits per heavy atom. The number of amides is 1. The van der Waals surface area contributed by atoms with Crippen LogP contribution in [0.3, 0.4) is 0 Å². The van der Waals surface area contributed by atoms with Crippen LogP contribution in [0.2, 0.25) is 0 Å². The molecule has 0 radical (unpaired) electrons. The smallest absolute Gasteiger partial charge is 0.239 e. The zero-order valence-electron chi connectivity index (χ0n) is 13.5. The summed E-state index contributed by atoms with van der Waals surface area (Å²) in [7, 11) is 3.67. The molecule has 5 heteroatoms. The normalized spacial score (nSPS) is 22.2. The predicted octanol–water partition coefficient (Wildman–Crippen LogP) is 2.39. The lowest BCUT2D eigenvalue weighted by atomic mass is 9.99. The molecule has 3 unspecified atom stereocenters. The standard InChI is InChI=1S/C16H27N3OS/c1-5-12(17)14(15-11(2)8-10-21-15)19-9-6-7-13(19)16(20)18(3)4/h8,10,12-14H,5-7,9,17H2,1-4H3. The summed E-state index contributed by atoms with van der Waals surface area (Å²) in [4.78, 5) is 17.8. The monoisotopic (exact) mass is 309 g/mol. The topological polar surface area (TPSA) is 49.6 Å². The Bertz CT molecular complexity index is 486. The average Bonchev–Trinajstić information content (AvgIpc) is 3.08. The van der Waals surface area contributed by atoms with Crippen LogP contribution in [0.25, 0.3) is 0 Å². The lowest BCUT2D eigenvalue weighted by molar-refractivity contribution is -0.134. The minimum absolute atomic E-state index is 0.0240. The fourth-order valence-corrected chi connectivity index (χ4v) is 4.31. The fraction of sp³-hybridized carbons (Fsp3) is 0.688. The van der Waals surface area contributed by atoms with E-state index < -0.39 is 0 Å². The van der Waals surface area contributed by atoms with Gasteiger partial charge in [-0.25, -0.2) is 0 Å². The highest BCUT2D eigenvalue weighted by atomic mass is 32.1. The van der Waals surface area contributed by atoms with E-state index in [1.807, 2.05) is 14.1 Å². The van der Waals surface area contributed by atoms with Crippen LogP contribution >= 0.6 is 11.3 Å². The number of rotatable bonds is 5. The third-order valence-electron chi connectivity index (χ3n) is 4.42.